The number of imidazole rings is 1. The average Bonchev–Trinajstić information content (AvgIpc) is 3.52. The number of ether oxygens (including phenoxy) is 1. The van der Waals surface area contributed by atoms with Crippen molar-refractivity contribution in [3.05, 3.63) is 84.7 Å². The Kier molecular flexibility index (Phi) is 5.59. The third-order valence-electron chi connectivity index (χ3n) is 6.20. The molecular weight excluding hydrogens is 442 g/mol. The highest BCUT2D eigenvalue weighted by atomic mass is 16.5. The summed E-state index contributed by atoms with van der Waals surface area (Å²) in [6.07, 6.45) is 12.2. The van der Waals surface area contributed by atoms with Gasteiger partial charge in [0.25, 0.3) is 5.91 Å². The van der Waals surface area contributed by atoms with Gasteiger partial charge in [0.05, 0.1) is 47.1 Å². The SMILES string of the molecule is O=C(NCc1cn2cc(Nc3cccnc3)ccc2n1)c1cccc2c1cnn2C1CCCCO1. The molecule has 1 atom stereocenters. The molecule has 35 heavy (non-hydrogen) atoms. The lowest BCUT2D eigenvalue weighted by molar-refractivity contribution is -0.0366. The van der Waals surface area contributed by atoms with E-state index in [-0.39, 0.29) is 12.1 Å². The van der Waals surface area contributed by atoms with Gasteiger partial charge in [0.1, 0.15) is 5.65 Å². The molecule has 1 aromatic carbocycles. The lowest BCUT2D eigenvalue weighted by Gasteiger charge is -2.23. The highest BCUT2D eigenvalue weighted by Gasteiger charge is 2.20. The van der Waals surface area contributed by atoms with Gasteiger partial charge in [-0.3, -0.25) is 9.78 Å². The van der Waals surface area contributed by atoms with Gasteiger partial charge in [0, 0.05) is 30.6 Å². The van der Waals surface area contributed by atoms with E-state index in [1.165, 1.54) is 0 Å². The number of benzene rings is 1. The maximum absolute atomic E-state index is 13.1. The molecule has 0 saturated carbocycles. The minimum absolute atomic E-state index is 0.0740. The first-order valence-electron chi connectivity index (χ1n) is 11.8. The van der Waals surface area contributed by atoms with E-state index in [0.717, 1.165) is 59.5 Å². The van der Waals surface area contributed by atoms with E-state index in [1.807, 2.05) is 63.9 Å². The lowest BCUT2D eigenvalue weighted by atomic mass is 10.1. The molecule has 1 aliphatic heterocycles. The van der Waals surface area contributed by atoms with Crippen molar-refractivity contribution in [2.75, 3.05) is 11.9 Å². The smallest absolute Gasteiger partial charge is 0.252 e. The van der Waals surface area contributed by atoms with E-state index >= 15 is 0 Å². The van der Waals surface area contributed by atoms with Crippen LogP contribution in [-0.4, -0.2) is 36.7 Å². The number of aromatic nitrogens is 5. The zero-order valence-corrected chi connectivity index (χ0v) is 19.1. The number of hydrogen-bond acceptors (Lipinski definition) is 6. The normalized spacial score (nSPS) is 15.9. The van der Waals surface area contributed by atoms with Crippen molar-refractivity contribution in [2.24, 2.45) is 0 Å². The van der Waals surface area contributed by atoms with Gasteiger partial charge < -0.3 is 19.8 Å². The van der Waals surface area contributed by atoms with E-state index in [4.69, 9.17) is 4.74 Å². The summed E-state index contributed by atoms with van der Waals surface area (Å²) < 4.78 is 9.72. The minimum Gasteiger partial charge on any atom is -0.356 e. The van der Waals surface area contributed by atoms with Crippen molar-refractivity contribution in [1.82, 2.24) is 29.5 Å². The van der Waals surface area contributed by atoms with E-state index in [0.29, 0.717) is 12.1 Å². The summed E-state index contributed by atoms with van der Waals surface area (Å²) in [5, 5.41) is 11.7. The topological polar surface area (TPSA) is 98.4 Å². The summed E-state index contributed by atoms with van der Waals surface area (Å²) in [5.41, 5.74) is 4.91. The van der Waals surface area contributed by atoms with Crippen LogP contribution in [0.2, 0.25) is 0 Å². The molecule has 1 amide bonds. The fourth-order valence-electron chi connectivity index (χ4n) is 4.49. The van der Waals surface area contributed by atoms with Gasteiger partial charge >= 0.3 is 0 Å². The molecule has 1 unspecified atom stereocenters. The number of carbonyl (C=O) groups excluding carboxylic acids is 1. The molecule has 176 valence electrons. The lowest BCUT2D eigenvalue weighted by Crippen LogP contribution is -2.23. The summed E-state index contributed by atoms with van der Waals surface area (Å²) in [6, 6.07) is 13.4. The molecule has 1 fully saturated rings. The predicted molar refractivity (Wildman–Crippen MR) is 132 cm³/mol. The molecule has 0 aliphatic carbocycles. The standard InChI is InChI=1S/C26H25N7O2/c34-26(21-6-3-7-23-22(21)15-29-33(23)25-8-1-2-12-35-25)28-14-20-17-32-16-19(9-10-24(32)31-20)30-18-5-4-11-27-13-18/h3-7,9-11,13,15-17,25,30H,1-2,8,12,14H2,(H,28,34). The molecule has 5 aromatic rings. The molecule has 0 bridgehead atoms. The Morgan fingerprint density at radius 2 is 2.03 bits per heavy atom. The Morgan fingerprint density at radius 1 is 1.06 bits per heavy atom. The zero-order chi connectivity index (χ0) is 23.6. The monoisotopic (exact) mass is 467 g/mol. The van der Waals surface area contributed by atoms with Crippen LogP contribution in [0, 0.1) is 0 Å². The third kappa shape index (κ3) is 4.33. The van der Waals surface area contributed by atoms with Crippen molar-refractivity contribution < 1.29 is 9.53 Å². The molecule has 9 nitrogen and oxygen atoms in total. The van der Waals surface area contributed by atoms with E-state index in [2.05, 4.69) is 25.7 Å². The first kappa shape index (κ1) is 21.3. The van der Waals surface area contributed by atoms with Crippen LogP contribution in [0.1, 0.15) is 41.5 Å². The number of nitrogens with one attached hydrogen (secondary N) is 2. The molecule has 9 heteroatoms. The van der Waals surface area contributed by atoms with Gasteiger partial charge in [-0.05, 0) is 55.7 Å². The predicted octanol–water partition coefficient (Wildman–Crippen LogP) is 4.45. The summed E-state index contributed by atoms with van der Waals surface area (Å²) in [5.74, 6) is -0.157. The molecular formula is C26H25N7O2. The van der Waals surface area contributed by atoms with Gasteiger partial charge in [-0.15, -0.1) is 0 Å². The second kappa shape index (κ2) is 9.19. The second-order valence-electron chi connectivity index (χ2n) is 8.61. The van der Waals surface area contributed by atoms with Gasteiger partial charge in [0.15, 0.2) is 6.23 Å². The Morgan fingerprint density at radius 3 is 2.89 bits per heavy atom. The molecule has 0 spiro atoms. The van der Waals surface area contributed by atoms with Gasteiger partial charge in [-0.2, -0.15) is 5.10 Å². The van der Waals surface area contributed by atoms with Crippen LogP contribution in [-0.2, 0) is 11.3 Å². The van der Waals surface area contributed by atoms with Crippen LogP contribution < -0.4 is 10.6 Å². The van der Waals surface area contributed by atoms with Crippen LogP contribution in [0.15, 0.2) is 73.4 Å². The molecule has 2 N–H and O–H groups in total. The van der Waals surface area contributed by atoms with Gasteiger partial charge in [-0.25, -0.2) is 9.67 Å². The molecule has 1 aliphatic rings. The third-order valence-corrected chi connectivity index (χ3v) is 6.20. The average molecular weight is 468 g/mol. The summed E-state index contributed by atoms with van der Waals surface area (Å²) in [4.78, 5) is 21.8. The molecule has 1 saturated heterocycles. The largest absolute Gasteiger partial charge is 0.356 e. The Balaban J connectivity index is 1.17. The summed E-state index contributed by atoms with van der Waals surface area (Å²) in [7, 11) is 0. The van der Waals surface area contributed by atoms with Crippen LogP contribution in [0.25, 0.3) is 16.6 Å². The van der Waals surface area contributed by atoms with Crippen molar-refractivity contribution in [3.8, 4) is 0 Å². The van der Waals surface area contributed by atoms with Crippen LogP contribution in [0.3, 0.4) is 0 Å². The van der Waals surface area contributed by atoms with Crippen molar-refractivity contribution in [3.63, 3.8) is 0 Å². The fraction of sp³-hybridized carbons (Fsp3) is 0.231. The number of fused-ring (bicyclic) bond motifs is 2. The Hall–Kier alpha value is -4.24. The molecule has 4 aromatic heterocycles. The highest BCUT2D eigenvalue weighted by Crippen LogP contribution is 2.27. The van der Waals surface area contributed by atoms with Crippen molar-refractivity contribution in [1.29, 1.82) is 0 Å². The van der Waals surface area contributed by atoms with E-state index in [9.17, 15) is 4.79 Å². The number of nitrogens with zero attached hydrogens (tertiary/aromatic N) is 5. The van der Waals surface area contributed by atoms with Crippen molar-refractivity contribution in [2.45, 2.75) is 32.0 Å². The second-order valence-corrected chi connectivity index (χ2v) is 8.61. The van der Waals surface area contributed by atoms with Gasteiger partial charge in [-0.1, -0.05) is 6.07 Å². The summed E-state index contributed by atoms with van der Waals surface area (Å²) >= 11 is 0. The van der Waals surface area contributed by atoms with Crippen LogP contribution >= 0.6 is 0 Å². The number of rotatable bonds is 6. The van der Waals surface area contributed by atoms with Crippen LogP contribution in [0.4, 0.5) is 11.4 Å². The minimum atomic E-state index is -0.157. The fourth-order valence-corrected chi connectivity index (χ4v) is 4.49. The maximum atomic E-state index is 13.1. The number of amides is 1. The summed E-state index contributed by atoms with van der Waals surface area (Å²) in [6.45, 7) is 1.06. The zero-order valence-electron chi connectivity index (χ0n) is 19.1. The quantitative estimate of drug-likeness (QED) is 0.383. The number of hydrogen-bond donors (Lipinski definition) is 2. The number of pyridine rings is 2. The molecule has 6 rings (SSSR count). The van der Waals surface area contributed by atoms with Gasteiger partial charge in [0.2, 0.25) is 0 Å². The Labute approximate surface area is 201 Å². The number of carbonyl (C=O) groups is 1. The first-order chi connectivity index (χ1) is 17.2. The van der Waals surface area contributed by atoms with E-state index < -0.39 is 0 Å². The number of anilines is 2. The van der Waals surface area contributed by atoms with Crippen LogP contribution in [0.5, 0.6) is 0 Å². The molecule has 5 heterocycles. The Bertz CT molecular complexity index is 1490. The van der Waals surface area contributed by atoms with Crippen molar-refractivity contribution >= 4 is 33.8 Å². The molecule has 0 radical (unpaired) electrons. The van der Waals surface area contributed by atoms with E-state index in [1.54, 1.807) is 18.6 Å². The first-order valence-corrected chi connectivity index (χ1v) is 11.8. The maximum Gasteiger partial charge on any atom is 0.252 e. The highest BCUT2D eigenvalue weighted by molar-refractivity contribution is 6.06.